The van der Waals surface area contributed by atoms with Crippen LogP contribution in [0.1, 0.15) is 10.5 Å². The number of fused-ring (bicyclic) bond motifs is 1. The summed E-state index contributed by atoms with van der Waals surface area (Å²) in [6, 6.07) is 7.71. The molecule has 0 saturated carbocycles. The van der Waals surface area contributed by atoms with E-state index in [1.54, 1.807) is 12.0 Å². The normalized spacial score (nSPS) is 15.0. The second-order valence-corrected chi connectivity index (χ2v) is 6.37. The standard InChI is InChI=1S/C17H17N3O3S/c1-22-13-4-2-3-12(11-13)15-14(18-17-20(15)7-10-24-17)16(21)19-5-8-23-9-6-19/h2-4,7,10-11H,5-6,8-9H2,1H3. The Bertz CT molecular complexity index is 880. The van der Waals surface area contributed by atoms with Crippen molar-refractivity contribution < 1.29 is 14.3 Å². The maximum atomic E-state index is 13.0. The first-order valence-electron chi connectivity index (χ1n) is 7.75. The first kappa shape index (κ1) is 15.2. The molecule has 0 bridgehead atoms. The number of rotatable bonds is 3. The zero-order chi connectivity index (χ0) is 16.5. The maximum Gasteiger partial charge on any atom is 0.274 e. The maximum absolute atomic E-state index is 13.0. The van der Waals surface area contributed by atoms with E-state index in [-0.39, 0.29) is 5.91 Å². The second kappa shape index (κ2) is 6.26. The van der Waals surface area contributed by atoms with Crippen LogP contribution in [-0.4, -0.2) is 53.6 Å². The molecule has 4 rings (SSSR count). The molecule has 1 amide bonds. The van der Waals surface area contributed by atoms with Crippen molar-refractivity contribution in [1.82, 2.24) is 14.3 Å². The van der Waals surface area contributed by atoms with Crippen molar-refractivity contribution in [3.8, 4) is 17.0 Å². The van der Waals surface area contributed by atoms with Gasteiger partial charge in [0, 0.05) is 30.2 Å². The highest BCUT2D eigenvalue weighted by Gasteiger charge is 2.26. The van der Waals surface area contributed by atoms with Crippen LogP contribution in [0.5, 0.6) is 5.75 Å². The Morgan fingerprint density at radius 2 is 2.17 bits per heavy atom. The van der Waals surface area contributed by atoms with Gasteiger partial charge in [-0.05, 0) is 12.1 Å². The van der Waals surface area contributed by atoms with E-state index in [4.69, 9.17) is 9.47 Å². The van der Waals surface area contributed by atoms with Crippen LogP contribution in [0, 0.1) is 0 Å². The van der Waals surface area contributed by atoms with Crippen LogP contribution in [-0.2, 0) is 4.74 Å². The van der Waals surface area contributed by atoms with E-state index in [1.165, 1.54) is 11.3 Å². The number of nitrogens with zero attached hydrogens (tertiary/aromatic N) is 3. The third-order valence-electron chi connectivity index (χ3n) is 4.11. The van der Waals surface area contributed by atoms with E-state index >= 15 is 0 Å². The second-order valence-electron chi connectivity index (χ2n) is 5.50. The lowest BCUT2D eigenvalue weighted by Gasteiger charge is -2.26. The van der Waals surface area contributed by atoms with Crippen LogP contribution in [0.4, 0.5) is 0 Å². The number of thiazole rings is 1. The number of amides is 1. The molecule has 1 aliphatic heterocycles. The van der Waals surface area contributed by atoms with Gasteiger partial charge in [0.05, 0.1) is 26.0 Å². The molecule has 6 nitrogen and oxygen atoms in total. The van der Waals surface area contributed by atoms with Gasteiger partial charge in [-0.1, -0.05) is 12.1 Å². The lowest BCUT2D eigenvalue weighted by molar-refractivity contribution is 0.0300. The van der Waals surface area contributed by atoms with Crippen molar-refractivity contribution in [2.24, 2.45) is 0 Å². The highest BCUT2D eigenvalue weighted by atomic mass is 32.1. The quantitative estimate of drug-likeness (QED) is 0.733. The molecule has 3 heterocycles. The highest BCUT2D eigenvalue weighted by molar-refractivity contribution is 7.15. The number of hydrogen-bond acceptors (Lipinski definition) is 5. The van der Waals surface area contributed by atoms with Crippen molar-refractivity contribution in [3.05, 3.63) is 41.5 Å². The van der Waals surface area contributed by atoms with Gasteiger partial charge in [-0.15, -0.1) is 11.3 Å². The average molecular weight is 343 g/mol. The van der Waals surface area contributed by atoms with Crippen LogP contribution in [0.25, 0.3) is 16.2 Å². The van der Waals surface area contributed by atoms with Gasteiger partial charge in [0.25, 0.3) is 5.91 Å². The minimum atomic E-state index is -0.0491. The Morgan fingerprint density at radius 1 is 1.33 bits per heavy atom. The van der Waals surface area contributed by atoms with Crippen LogP contribution in [0.15, 0.2) is 35.8 Å². The molecular formula is C17H17N3O3S. The fourth-order valence-electron chi connectivity index (χ4n) is 2.90. The van der Waals surface area contributed by atoms with Gasteiger partial charge in [0.1, 0.15) is 5.75 Å². The molecule has 3 aromatic rings. The fraction of sp³-hybridized carbons (Fsp3) is 0.294. The largest absolute Gasteiger partial charge is 0.497 e. The Labute approximate surface area is 143 Å². The summed E-state index contributed by atoms with van der Waals surface area (Å²) < 4.78 is 12.6. The van der Waals surface area contributed by atoms with Crippen molar-refractivity contribution in [1.29, 1.82) is 0 Å². The summed E-state index contributed by atoms with van der Waals surface area (Å²) in [5.74, 6) is 0.703. The summed E-state index contributed by atoms with van der Waals surface area (Å²) in [6.45, 7) is 2.34. The van der Waals surface area contributed by atoms with Crippen molar-refractivity contribution >= 4 is 22.2 Å². The fourth-order valence-corrected chi connectivity index (χ4v) is 3.61. The monoisotopic (exact) mass is 343 g/mol. The van der Waals surface area contributed by atoms with Gasteiger partial charge in [0.15, 0.2) is 10.7 Å². The topological polar surface area (TPSA) is 56.1 Å². The van der Waals surface area contributed by atoms with Gasteiger partial charge in [-0.25, -0.2) is 4.98 Å². The SMILES string of the molecule is COc1cccc(-c2c(C(=O)N3CCOCC3)nc3sccn23)c1. The summed E-state index contributed by atoms with van der Waals surface area (Å²) in [7, 11) is 1.63. The molecule has 0 aliphatic carbocycles. The lowest BCUT2D eigenvalue weighted by atomic mass is 10.1. The Hall–Kier alpha value is -2.38. The van der Waals surface area contributed by atoms with Crippen LogP contribution >= 0.6 is 11.3 Å². The van der Waals surface area contributed by atoms with E-state index in [1.807, 2.05) is 40.2 Å². The molecule has 1 aliphatic rings. The summed E-state index contributed by atoms with van der Waals surface area (Å²) in [5.41, 5.74) is 2.20. The molecule has 1 saturated heterocycles. The van der Waals surface area contributed by atoms with Gasteiger partial charge in [-0.3, -0.25) is 9.20 Å². The van der Waals surface area contributed by atoms with E-state index in [0.717, 1.165) is 22.0 Å². The molecule has 1 fully saturated rings. The van der Waals surface area contributed by atoms with Crippen molar-refractivity contribution in [2.45, 2.75) is 0 Å². The van der Waals surface area contributed by atoms with E-state index in [0.29, 0.717) is 32.0 Å². The van der Waals surface area contributed by atoms with Crippen LogP contribution in [0.3, 0.4) is 0 Å². The van der Waals surface area contributed by atoms with E-state index < -0.39 is 0 Å². The highest BCUT2D eigenvalue weighted by Crippen LogP contribution is 2.30. The molecular weight excluding hydrogens is 326 g/mol. The molecule has 1 aromatic carbocycles. The van der Waals surface area contributed by atoms with Gasteiger partial charge < -0.3 is 14.4 Å². The number of hydrogen-bond donors (Lipinski definition) is 0. The number of carbonyl (C=O) groups is 1. The van der Waals surface area contributed by atoms with Gasteiger partial charge in [0.2, 0.25) is 0 Å². The third kappa shape index (κ3) is 2.55. The first-order valence-corrected chi connectivity index (χ1v) is 8.63. The van der Waals surface area contributed by atoms with E-state index in [2.05, 4.69) is 4.98 Å². The number of benzene rings is 1. The molecule has 0 unspecified atom stereocenters. The van der Waals surface area contributed by atoms with Gasteiger partial charge in [-0.2, -0.15) is 0 Å². The lowest BCUT2D eigenvalue weighted by Crippen LogP contribution is -2.41. The smallest absolute Gasteiger partial charge is 0.274 e. The zero-order valence-electron chi connectivity index (χ0n) is 13.3. The summed E-state index contributed by atoms with van der Waals surface area (Å²) in [6.07, 6.45) is 1.94. The number of imidazole rings is 1. The van der Waals surface area contributed by atoms with Gasteiger partial charge >= 0.3 is 0 Å². The Morgan fingerprint density at radius 3 is 2.96 bits per heavy atom. The molecule has 0 radical (unpaired) electrons. The first-order chi connectivity index (χ1) is 11.8. The van der Waals surface area contributed by atoms with Crippen molar-refractivity contribution in [3.63, 3.8) is 0 Å². The molecule has 2 aromatic heterocycles. The number of aromatic nitrogens is 2. The predicted molar refractivity (Wildman–Crippen MR) is 91.8 cm³/mol. The minimum Gasteiger partial charge on any atom is -0.497 e. The predicted octanol–water partition coefficient (Wildman–Crippen LogP) is 2.54. The number of morpholine rings is 1. The molecule has 0 atom stereocenters. The molecule has 0 N–H and O–H groups in total. The summed E-state index contributed by atoms with van der Waals surface area (Å²) in [5, 5.41) is 1.97. The molecule has 7 heteroatoms. The number of ether oxygens (including phenoxy) is 2. The summed E-state index contributed by atoms with van der Waals surface area (Å²) >= 11 is 1.52. The Kier molecular flexibility index (Phi) is 3.95. The van der Waals surface area contributed by atoms with Crippen molar-refractivity contribution in [2.75, 3.05) is 33.4 Å². The number of carbonyl (C=O) groups excluding carboxylic acids is 1. The molecule has 0 spiro atoms. The van der Waals surface area contributed by atoms with Crippen LogP contribution < -0.4 is 4.74 Å². The summed E-state index contributed by atoms with van der Waals surface area (Å²) in [4.78, 5) is 20.2. The molecule has 24 heavy (non-hydrogen) atoms. The zero-order valence-corrected chi connectivity index (χ0v) is 14.1. The third-order valence-corrected chi connectivity index (χ3v) is 4.86. The van der Waals surface area contributed by atoms with E-state index in [9.17, 15) is 4.79 Å². The minimum absolute atomic E-state index is 0.0491. The molecule has 124 valence electrons. The number of methoxy groups -OCH3 is 1. The Balaban J connectivity index is 1.83. The van der Waals surface area contributed by atoms with Crippen LogP contribution in [0.2, 0.25) is 0 Å². The average Bonchev–Trinajstić information content (AvgIpc) is 3.22.